The van der Waals surface area contributed by atoms with Gasteiger partial charge in [0.25, 0.3) is 0 Å². The van der Waals surface area contributed by atoms with Crippen LogP contribution < -0.4 is 27.4 Å². The fraction of sp³-hybridized carbons (Fsp3) is 0.344. The summed E-state index contributed by atoms with van der Waals surface area (Å²) in [5.41, 5.74) is 15.3. The van der Waals surface area contributed by atoms with Crippen LogP contribution in [-0.4, -0.2) is 34.5 Å². The molecule has 1 aromatic heterocycles. The molecule has 0 unspecified atom stereocenters. The zero-order valence-corrected chi connectivity index (χ0v) is 25.4. The highest BCUT2D eigenvalue weighted by atomic mass is 32.1. The molecule has 3 rings (SSSR count). The van der Waals surface area contributed by atoms with Crippen molar-refractivity contribution in [1.29, 1.82) is 0 Å². The Morgan fingerprint density at radius 1 is 0.814 bits per heavy atom. The summed E-state index contributed by atoms with van der Waals surface area (Å²) in [6, 6.07) is 16.9. The lowest BCUT2D eigenvalue weighted by Gasteiger charge is -2.07. The van der Waals surface area contributed by atoms with E-state index >= 15 is 0 Å². The van der Waals surface area contributed by atoms with Gasteiger partial charge in [-0.2, -0.15) is 0 Å². The van der Waals surface area contributed by atoms with E-state index in [0.717, 1.165) is 53.8 Å². The average Bonchev–Trinajstić information content (AvgIpc) is 3.41. The van der Waals surface area contributed by atoms with Crippen molar-refractivity contribution in [3.05, 3.63) is 100.0 Å². The number of allylic oxidation sites excluding steroid dienone is 3. The molecule has 11 heteroatoms. The third-order valence-electron chi connectivity index (χ3n) is 6.36. The summed E-state index contributed by atoms with van der Waals surface area (Å²) in [5, 5.41) is 18.0. The van der Waals surface area contributed by atoms with Crippen LogP contribution >= 0.6 is 11.3 Å². The van der Waals surface area contributed by atoms with E-state index in [1.165, 1.54) is 11.3 Å². The quantitative estimate of drug-likeness (QED) is 0.115. The largest absolute Gasteiger partial charge is 0.402 e. The topological polar surface area (TPSA) is 165 Å². The standard InChI is InChI=1S/C32H41N7O3S/c1-2-3-18-35-28(40)21-24-12-9-13-25(19-24)22-30(42)37-32-39-38-31(43-32)15-8-7-14-26(33)16-17-27(34)36-29(41)20-23-10-5-4-6-11-23/h4-6,9-13,16-17,19H,2-3,7-8,14-15,18,20-22,33-34H2,1H3,(H,35,40)(H,36,41)(H,37,39,42)/b26-16-,27-17+. The molecule has 228 valence electrons. The molecule has 0 aliphatic heterocycles. The molecule has 3 amide bonds. The Hall–Kier alpha value is -4.51. The van der Waals surface area contributed by atoms with E-state index in [9.17, 15) is 14.4 Å². The first kappa shape index (κ1) is 33.0. The first-order valence-electron chi connectivity index (χ1n) is 14.5. The Bertz CT molecular complexity index is 1400. The summed E-state index contributed by atoms with van der Waals surface area (Å²) in [5.74, 6) is -0.150. The molecule has 0 aliphatic carbocycles. The number of nitrogens with two attached hydrogens (primary N) is 2. The summed E-state index contributed by atoms with van der Waals surface area (Å²) < 4.78 is 0. The molecule has 0 aliphatic rings. The highest BCUT2D eigenvalue weighted by Crippen LogP contribution is 2.18. The third-order valence-corrected chi connectivity index (χ3v) is 7.26. The normalized spacial score (nSPS) is 11.7. The van der Waals surface area contributed by atoms with Crippen molar-refractivity contribution in [3.8, 4) is 0 Å². The molecule has 10 nitrogen and oxygen atoms in total. The predicted octanol–water partition coefficient (Wildman–Crippen LogP) is 3.89. The van der Waals surface area contributed by atoms with Crippen LogP contribution in [0.25, 0.3) is 0 Å². The van der Waals surface area contributed by atoms with Crippen molar-refractivity contribution in [1.82, 2.24) is 20.8 Å². The van der Waals surface area contributed by atoms with Gasteiger partial charge in [0.05, 0.1) is 19.3 Å². The molecule has 3 aromatic rings. The van der Waals surface area contributed by atoms with Crippen molar-refractivity contribution in [2.75, 3.05) is 11.9 Å². The maximum atomic E-state index is 12.6. The molecule has 0 spiro atoms. The molecular formula is C32H41N7O3S. The van der Waals surface area contributed by atoms with Crippen LogP contribution in [0.3, 0.4) is 0 Å². The minimum atomic E-state index is -0.187. The number of unbranched alkanes of at least 4 members (excludes halogenated alkanes) is 2. The number of rotatable bonds is 17. The van der Waals surface area contributed by atoms with Gasteiger partial charge in [-0.05, 0) is 54.5 Å². The van der Waals surface area contributed by atoms with Crippen molar-refractivity contribution in [3.63, 3.8) is 0 Å². The maximum absolute atomic E-state index is 12.6. The lowest BCUT2D eigenvalue weighted by Crippen LogP contribution is -2.28. The number of aryl methyl sites for hydroxylation is 1. The average molecular weight is 604 g/mol. The molecule has 0 fully saturated rings. The molecule has 1 heterocycles. The summed E-state index contributed by atoms with van der Waals surface area (Å²) in [4.78, 5) is 36.8. The van der Waals surface area contributed by atoms with Gasteiger partial charge < -0.3 is 27.4 Å². The van der Waals surface area contributed by atoms with Gasteiger partial charge in [0.1, 0.15) is 10.8 Å². The van der Waals surface area contributed by atoms with E-state index in [4.69, 9.17) is 11.5 Å². The minimum absolute atomic E-state index is 0.0168. The molecule has 43 heavy (non-hydrogen) atoms. The fourth-order valence-corrected chi connectivity index (χ4v) is 4.97. The van der Waals surface area contributed by atoms with E-state index in [-0.39, 0.29) is 36.4 Å². The first-order valence-corrected chi connectivity index (χ1v) is 15.3. The van der Waals surface area contributed by atoms with Crippen LogP contribution in [0.2, 0.25) is 0 Å². The van der Waals surface area contributed by atoms with Crippen LogP contribution in [0.5, 0.6) is 0 Å². The van der Waals surface area contributed by atoms with E-state index in [1.807, 2.05) is 54.6 Å². The smallest absolute Gasteiger partial charge is 0.230 e. The Labute approximate surface area is 257 Å². The number of benzene rings is 2. The SMILES string of the molecule is CCCCNC(=O)Cc1cccc(CC(=O)Nc2nnc(CCCC/C(N)=C/C=C(\N)NC(=O)Cc3ccccc3)s2)c1. The van der Waals surface area contributed by atoms with Crippen LogP contribution in [0.15, 0.2) is 78.3 Å². The molecular weight excluding hydrogens is 562 g/mol. The molecule has 0 radical (unpaired) electrons. The van der Waals surface area contributed by atoms with Crippen molar-refractivity contribution >= 4 is 34.2 Å². The highest BCUT2D eigenvalue weighted by molar-refractivity contribution is 7.15. The van der Waals surface area contributed by atoms with Crippen LogP contribution in [0, 0.1) is 0 Å². The van der Waals surface area contributed by atoms with Crippen molar-refractivity contribution < 1.29 is 14.4 Å². The number of nitrogens with zero attached hydrogens (tertiary/aromatic N) is 2. The van der Waals surface area contributed by atoms with Crippen molar-refractivity contribution in [2.45, 2.75) is 64.7 Å². The molecule has 0 saturated carbocycles. The van der Waals surface area contributed by atoms with E-state index < -0.39 is 0 Å². The van der Waals surface area contributed by atoms with Gasteiger partial charge in [-0.1, -0.05) is 79.3 Å². The number of amides is 3. The van der Waals surface area contributed by atoms with Crippen LogP contribution in [-0.2, 0) is 40.1 Å². The Balaban J connectivity index is 1.35. The zero-order valence-electron chi connectivity index (χ0n) is 24.6. The van der Waals surface area contributed by atoms with Crippen LogP contribution in [0.4, 0.5) is 5.13 Å². The molecule has 0 atom stereocenters. The number of hydrogen-bond donors (Lipinski definition) is 5. The van der Waals surface area contributed by atoms with Gasteiger partial charge in [-0.15, -0.1) is 10.2 Å². The van der Waals surface area contributed by atoms with Gasteiger partial charge in [-0.25, -0.2) is 0 Å². The van der Waals surface area contributed by atoms with Gasteiger partial charge in [0, 0.05) is 18.7 Å². The number of aromatic nitrogens is 2. The van der Waals surface area contributed by atoms with Gasteiger partial charge in [0.15, 0.2) is 0 Å². The van der Waals surface area contributed by atoms with E-state index in [1.54, 1.807) is 12.2 Å². The summed E-state index contributed by atoms with van der Waals surface area (Å²) >= 11 is 1.35. The first-order chi connectivity index (χ1) is 20.8. The molecule has 0 saturated heterocycles. The van der Waals surface area contributed by atoms with E-state index in [0.29, 0.717) is 30.2 Å². The highest BCUT2D eigenvalue weighted by Gasteiger charge is 2.11. The monoisotopic (exact) mass is 603 g/mol. The second-order valence-corrected chi connectivity index (χ2v) is 11.3. The summed E-state index contributed by atoms with van der Waals surface area (Å²) in [6.07, 6.45) is 9.09. The Morgan fingerprint density at radius 2 is 1.51 bits per heavy atom. The molecule has 0 bridgehead atoms. The third kappa shape index (κ3) is 13.3. The molecule has 7 N–H and O–H groups in total. The number of hydrogen-bond acceptors (Lipinski definition) is 8. The summed E-state index contributed by atoms with van der Waals surface area (Å²) in [7, 11) is 0. The number of carbonyl (C=O) groups is 3. The fourth-order valence-electron chi connectivity index (χ4n) is 4.17. The summed E-state index contributed by atoms with van der Waals surface area (Å²) in [6.45, 7) is 2.76. The van der Waals surface area contributed by atoms with Crippen LogP contribution in [0.1, 0.15) is 60.7 Å². The van der Waals surface area contributed by atoms with E-state index in [2.05, 4.69) is 33.1 Å². The second kappa shape index (κ2) is 18.1. The van der Waals surface area contributed by atoms with Crippen molar-refractivity contribution in [2.24, 2.45) is 11.5 Å². The zero-order chi connectivity index (χ0) is 30.9. The lowest BCUT2D eigenvalue weighted by molar-refractivity contribution is -0.121. The van der Waals surface area contributed by atoms with Gasteiger partial charge in [0.2, 0.25) is 22.9 Å². The second-order valence-electron chi connectivity index (χ2n) is 10.2. The van der Waals surface area contributed by atoms with Gasteiger partial charge in [-0.3, -0.25) is 14.4 Å². The number of carbonyl (C=O) groups excluding carboxylic acids is 3. The number of anilines is 1. The molecule has 2 aromatic carbocycles. The lowest BCUT2D eigenvalue weighted by atomic mass is 10.1. The Kier molecular flexibility index (Phi) is 13.9. The Morgan fingerprint density at radius 3 is 2.26 bits per heavy atom. The van der Waals surface area contributed by atoms with Gasteiger partial charge >= 0.3 is 0 Å². The minimum Gasteiger partial charge on any atom is -0.402 e. The number of nitrogens with one attached hydrogen (secondary N) is 3. The maximum Gasteiger partial charge on any atom is 0.230 e. The predicted molar refractivity (Wildman–Crippen MR) is 171 cm³/mol.